The molecule has 2 heterocycles. The molecule has 4 heteroatoms. The SMILES string of the molecule is Cc1ccc(C(C)Nc2nc3ccccc3n2C)o1. The van der Waals surface area contributed by atoms with E-state index in [1.165, 1.54) is 0 Å². The van der Waals surface area contributed by atoms with Gasteiger partial charge < -0.3 is 14.3 Å². The van der Waals surface area contributed by atoms with E-state index in [-0.39, 0.29) is 6.04 Å². The molecule has 1 aromatic carbocycles. The van der Waals surface area contributed by atoms with Crippen LogP contribution in [0.2, 0.25) is 0 Å². The molecule has 0 bridgehead atoms. The molecule has 0 saturated heterocycles. The molecular weight excluding hydrogens is 238 g/mol. The maximum Gasteiger partial charge on any atom is 0.204 e. The summed E-state index contributed by atoms with van der Waals surface area (Å²) in [5, 5.41) is 3.39. The smallest absolute Gasteiger partial charge is 0.204 e. The summed E-state index contributed by atoms with van der Waals surface area (Å²) in [6, 6.07) is 12.2. The van der Waals surface area contributed by atoms with Gasteiger partial charge in [-0.25, -0.2) is 4.98 Å². The highest BCUT2D eigenvalue weighted by Crippen LogP contribution is 2.23. The first-order valence-corrected chi connectivity index (χ1v) is 6.39. The summed E-state index contributed by atoms with van der Waals surface area (Å²) in [6.45, 7) is 4.02. The predicted molar refractivity (Wildman–Crippen MR) is 76.2 cm³/mol. The van der Waals surface area contributed by atoms with Crippen molar-refractivity contribution in [3.05, 3.63) is 47.9 Å². The molecule has 0 fully saturated rings. The van der Waals surface area contributed by atoms with Gasteiger partial charge in [-0.15, -0.1) is 0 Å². The van der Waals surface area contributed by atoms with Crippen LogP contribution in [0.5, 0.6) is 0 Å². The Morgan fingerprint density at radius 3 is 2.68 bits per heavy atom. The zero-order valence-corrected chi connectivity index (χ0v) is 11.3. The Labute approximate surface area is 112 Å². The number of benzene rings is 1. The number of fused-ring (bicyclic) bond motifs is 1. The molecule has 0 saturated carbocycles. The molecule has 2 aromatic heterocycles. The third-order valence-corrected chi connectivity index (χ3v) is 3.32. The third-order valence-electron chi connectivity index (χ3n) is 3.32. The fourth-order valence-electron chi connectivity index (χ4n) is 2.23. The van der Waals surface area contributed by atoms with Gasteiger partial charge in [-0.1, -0.05) is 12.1 Å². The molecule has 19 heavy (non-hydrogen) atoms. The van der Waals surface area contributed by atoms with Crippen LogP contribution in [0.1, 0.15) is 24.5 Å². The van der Waals surface area contributed by atoms with Crippen molar-refractivity contribution in [1.29, 1.82) is 0 Å². The lowest BCUT2D eigenvalue weighted by Gasteiger charge is -2.12. The maximum absolute atomic E-state index is 5.63. The van der Waals surface area contributed by atoms with Crippen molar-refractivity contribution in [3.63, 3.8) is 0 Å². The van der Waals surface area contributed by atoms with Crippen LogP contribution in [0.15, 0.2) is 40.8 Å². The van der Waals surface area contributed by atoms with Gasteiger partial charge in [0.05, 0.1) is 17.1 Å². The second-order valence-corrected chi connectivity index (χ2v) is 4.80. The van der Waals surface area contributed by atoms with Crippen molar-refractivity contribution in [2.24, 2.45) is 7.05 Å². The summed E-state index contributed by atoms with van der Waals surface area (Å²) in [7, 11) is 2.01. The highest BCUT2D eigenvalue weighted by molar-refractivity contribution is 5.78. The summed E-state index contributed by atoms with van der Waals surface area (Å²) in [5.41, 5.74) is 2.11. The molecule has 0 amide bonds. The Hall–Kier alpha value is -2.23. The minimum Gasteiger partial charge on any atom is -0.464 e. The van der Waals surface area contributed by atoms with Crippen molar-refractivity contribution in [1.82, 2.24) is 9.55 Å². The van der Waals surface area contributed by atoms with Gasteiger partial charge in [0.1, 0.15) is 11.5 Å². The second-order valence-electron chi connectivity index (χ2n) is 4.80. The molecule has 1 N–H and O–H groups in total. The van der Waals surface area contributed by atoms with Crippen LogP contribution in [-0.2, 0) is 7.05 Å². The van der Waals surface area contributed by atoms with E-state index in [0.29, 0.717) is 0 Å². The summed E-state index contributed by atoms with van der Waals surface area (Å²) < 4.78 is 7.69. The van der Waals surface area contributed by atoms with Gasteiger partial charge in [-0.3, -0.25) is 0 Å². The van der Waals surface area contributed by atoms with Gasteiger partial charge in [0.2, 0.25) is 5.95 Å². The second kappa shape index (κ2) is 4.46. The van der Waals surface area contributed by atoms with E-state index >= 15 is 0 Å². The zero-order valence-electron chi connectivity index (χ0n) is 11.3. The van der Waals surface area contributed by atoms with E-state index in [1.54, 1.807) is 0 Å². The van der Waals surface area contributed by atoms with E-state index in [0.717, 1.165) is 28.5 Å². The summed E-state index contributed by atoms with van der Waals surface area (Å²) in [4.78, 5) is 4.59. The number of para-hydroxylation sites is 2. The molecule has 0 spiro atoms. The summed E-state index contributed by atoms with van der Waals surface area (Å²) in [6.07, 6.45) is 0. The Balaban J connectivity index is 1.91. The molecule has 4 nitrogen and oxygen atoms in total. The van der Waals surface area contributed by atoms with E-state index in [1.807, 2.05) is 44.3 Å². The molecule has 1 unspecified atom stereocenters. The van der Waals surface area contributed by atoms with Crippen LogP contribution in [0, 0.1) is 6.92 Å². The van der Waals surface area contributed by atoms with Crippen LogP contribution < -0.4 is 5.32 Å². The number of aromatic nitrogens is 2. The van der Waals surface area contributed by atoms with Gasteiger partial charge in [0.15, 0.2) is 0 Å². The van der Waals surface area contributed by atoms with Crippen LogP contribution in [0.4, 0.5) is 5.95 Å². The highest BCUT2D eigenvalue weighted by Gasteiger charge is 2.13. The number of rotatable bonds is 3. The highest BCUT2D eigenvalue weighted by atomic mass is 16.3. The van der Waals surface area contributed by atoms with E-state index in [4.69, 9.17) is 4.42 Å². The molecule has 0 aliphatic carbocycles. The molecule has 0 radical (unpaired) electrons. The zero-order chi connectivity index (χ0) is 13.4. The Morgan fingerprint density at radius 2 is 2.00 bits per heavy atom. The number of hydrogen-bond donors (Lipinski definition) is 1. The van der Waals surface area contributed by atoms with Crippen LogP contribution in [0.25, 0.3) is 11.0 Å². The van der Waals surface area contributed by atoms with E-state index in [9.17, 15) is 0 Å². The molecule has 0 aliphatic rings. The predicted octanol–water partition coefficient (Wildman–Crippen LogP) is 3.65. The Bertz CT molecular complexity index is 711. The average molecular weight is 255 g/mol. The van der Waals surface area contributed by atoms with Gasteiger partial charge in [0.25, 0.3) is 0 Å². The number of nitrogens with one attached hydrogen (secondary N) is 1. The average Bonchev–Trinajstić information content (AvgIpc) is 2.96. The number of furan rings is 1. The number of aryl methyl sites for hydroxylation is 2. The lowest BCUT2D eigenvalue weighted by molar-refractivity contribution is 0.466. The topological polar surface area (TPSA) is 43.0 Å². The molecular formula is C15H17N3O. The number of anilines is 1. The maximum atomic E-state index is 5.63. The third kappa shape index (κ3) is 2.10. The summed E-state index contributed by atoms with van der Waals surface area (Å²) in [5.74, 6) is 2.70. The molecule has 98 valence electrons. The molecule has 0 aliphatic heterocycles. The largest absolute Gasteiger partial charge is 0.464 e. The van der Waals surface area contributed by atoms with E-state index in [2.05, 4.69) is 27.9 Å². The normalized spacial score (nSPS) is 12.8. The van der Waals surface area contributed by atoms with Crippen molar-refractivity contribution in [3.8, 4) is 0 Å². The Morgan fingerprint density at radius 1 is 1.21 bits per heavy atom. The monoisotopic (exact) mass is 255 g/mol. The first-order chi connectivity index (χ1) is 9.15. The standard InChI is InChI=1S/C15H17N3O/c1-10-8-9-14(19-10)11(2)16-15-17-12-6-4-5-7-13(12)18(15)3/h4-9,11H,1-3H3,(H,16,17). The van der Waals surface area contributed by atoms with Crippen LogP contribution in [0.3, 0.4) is 0 Å². The van der Waals surface area contributed by atoms with E-state index < -0.39 is 0 Å². The van der Waals surface area contributed by atoms with Crippen molar-refractivity contribution >= 4 is 17.0 Å². The van der Waals surface area contributed by atoms with Crippen LogP contribution >= 0.6 is 0 Å². The minimum absolute atomic E-state index is 0.0872. The number of imidazole rings is 1. The summed E-state index contributed by atoms with van der Waals surface area (Å²) >= 11 is 0. The Kier molecular flexibility index (Phi) is 2.78. The van der Waals surface area contributed by atoms with Crippen LogP contribution in [-0.4, -0.2) is 9.55 Å². The van der Waals surface area contributed by atoms with Gasteiger partial charge in [-0.2, -0.15) is 0 Å². The number of hydrogen-bond acceptors (Lipinski definition) is 3. The lowest BCUT2D eigenvalue weighted by atomic mass is 10.2. The first kappa shape index (κ1) is 11.8. The van der Waals surface area contributed by atoms with Crippen molar-refractivity contribution in [2.75, 3.05) is 5.32 Å². The molecule has 3 aromatic rings. The van der Waals surface area contributed by atoms with Gasteiger partial charge in [-0.05, 0) is 38.1 Å². The first-order valence-electron chi connectivity index (χ1n) is 6.39. The van der Waals surface area contributed by atoms with Crippen molar-refractivity contribution in [2.45, 2.75) is 19.9 Å². The lowest BCUT2D eigenvalue weighted by Crippen LogP contribution is -2.09. The molecule has 1 atom stereocenters. The van der Waals surface area contributed by atoms with Gasteiger partial charge in [0, 0.05) is 7.05 Å². The van der Waals surface area contributed by atoms with Gasteiger partial charge >= 0.3 is 0 Å². The fourth-order valence-corrected chi connectivity index (χ4v) is 2.23. The quantitative estimate of drug-likeness (QED) is 0.776. The fraction of sp³-hybridized carbons (Fsp3) is 0.267. The molecule has 3 rings (SSSR count). The number of nitrogens with zero attached hydrogens (tertiary/aromatic N) is 2. The minimum atomic E-state index is 0.0872. The van der Waals surface area contributed by atoms with Crippen molar-refractivity contribution < 1.29 is 4.42 Å².